The van der Waals surface area contributed by atoms with Gasteiger partial charge in [-0.25, -0.2) is 0 Å². The van der Waals surface area contributed by atoms with Crippen molar-refractivity contribution in [3.63, 3.8) is 0 Å². The summed E-state index contributed by atoms with van der Waals surface area (Å²) in [4.78, 5) is 2.55. The first-order valence-electron chi connectivity index (χ1n) is 9.17. The summed E-state index contributed by atoms with van der Waals surface area (Å²) < 4.78 is 16.0. The quantitative estimate of drug-likeness (QED) is 0.471. The second-order valence-corrected chi connectivity index (χ2v) is 6.80. The van der Waals surface area contributed by atoms with Gasteiger partial charge < -0.3 is 24.6 Å². The lowest BCUT2D eigenvalue weighted by Crippen LogP contribution is -2.86. The number of aliphatic hydroxyl groups excluding tert-OH is 1. The van der Waals surface area contributed by atoms with Crippen LogP contribution in [0.1, 0.15) is 25.7 Å². The SMILES string of the molecule is COCCOCCOCCN(CC1CC[NH2+]CC1)C1CC(O)C1. The van der Waals surface area contributed by atoms with Crippen LogP contribution in [0.15, 0.2) is 0 Å². The molecule has 0 amide bonds. The summed E-state index contributed by atoms with van der Waals surface area (Å²) in [7, 11) is 1.68. The van der Waals surface area contributed by atoms with Gasteiger partial charge in [-0.1, -0.05) is 0 Å². The van der Waals surface area contributed by atoms with Crippen LogP contribution in [0.5, 0.6) is 0 Å². The van der Waals surface area contributed by atoms with Crippen LogP contribution in [-0.2, 0) is 14.2 Å². The Hall–Kier alpha value is -0.240. The number of ether oxygens (including phenoxy) is 3. The van der Waals surface area contributed by atoms with E-state index in [1.54, 1.807) is 7.11 Å². The van der Waals surface area contributed by atoms with Crippen LogP contribution >= 0.6 is 0 Å². The van der Waals surface area contributed by atoms with Crippen molar-refractivity contribution in [1.29, 1.82) is 0 Å². The van der Waals surface area contributed by atoms with Crippen LogP contribution in [0.25, 0.3) is 0 Å². The maximum absolute atomic E-state index is 9.60. The lowest BCUT2D eigenvalue weighted by molar-refractivity contribution is -0.664. The van der Waals surface area contributed by atoms with E-state index in [1.165, 1.54) is 32.5 Å². The van der Waals surface area contributed by atoms with Crippen LogP contribution in [0.2, 0.25) is 0 Å². The Balaban J connectivity index is 1.58. The lowest BCUT2D eigenvalue weighted by atomic mass is 9.86. The second kappa shape index (κ2) is 11.3. The number of quaternary nitrogens is 1. The smallest absolute Gasteiger partial charge is 0.0758 e. The van der Waals surface area contributed by atoms with E-state index in [-0.39, 0.29) is 6.10 Å². The van der Waals surface area contributed by atoms with Crippen LogP contribution < -0.4 is 5.32 Å². The Bertz CT molecular complexity index is 294. The zero-order valence-corrected chi connectivity index (χ0v) is 14.6. The maximum Gasteiger partial charge on any atom is 0.0758 e. The molecule has 0 unspecified atom stereocenters. The topological polar surface area (TPSA) is 67.8 Å². The molecule has 0 spiro atoms. The molecule has 3 N–H and O–H groups in total. The third-order valence-electron chi connectivity index (χ3n) is 4.98. The van der Waals surface area contributed by atoms with Gasteiger partial charge in [0.15, 0.2) is 0 Å². The van der Waals surface area contributed by atoms with Crippen molar-refractivity contribution in [2.75, 3.05) is 66.3 Å². The van der Waals surface area contributed by atoms with Crippen molar-refractivity contribution in [2.45, 2.75) is 37.8 Å². The minimum Gasteiger partial charge on any atom is -0.393 e. The zero-order valence-electron chi connectivity index (χ0n) is 14.6. The lowest BCUT2D eigenvalue weighted by Gasteiger charge is -2.42. The molecule has 1 aliphatic heterocycles. The summed E-state index contributed by atoms with van der Waals surface area (Å²) >= 11 is 0. The van der Waals surface area contributed by atoms with Crippen LogP contribution in [0.3, 0.4) is 0 Å². The molecule has 1 saturated heterocycles. The van der Waals surface area contributed by atoms with E-state index in [0.717, 1.165) is 31.9 Å². The summed E-state index contributed by atoms with van der Waals surface area (Å²) in [5, 5.41) is 12.0. The fraction of sp³-hybridized carbons (Fsp3) is 1.00. The molecule has 1 aliphatic carbocycles. The Kier molecular flexibility index (Phi) is 9.41. The first kappa shape index (κ1) is 19.1. The highest BCUT2D eigenvalue weighted by atomic mass is 16.5. The minimum atomic E-state index is -0.0858. The highest BCUT2D eigenvalue weighted by Gasteiger charge is 2.33. The summed E-state index contributed by atoms with van der Waals surface area (Å²) in [6, 6.07) is 0.553. The summed E-state index contributed by atoms with van der Waals surface area (Å²) in [6.45, 7) is 7.95. The van der Waals surface area contributed by atoms with Crippen molar-refractivity contribution in [3.05, 3.63) is 0 Å². The van der Waals surface area contributed by atoms with Crippen LogP contribution in [0, 0.1) is 5.92 Å². The molecule has 0 radical (unpaired) electrons. The molecular formula is C17H35N2O4+. The average molecular weight is 331 g/mol. The van der Waals surface area contributed by atoms with E-state index in [4.69, 9.17) is 14.2 Å². The molecule has 0 aromatic rings. The Morgan fingerprint density at radius 2 is 1.65 bits per heavy atom. The first-order valence-corrected chi connectivity index (χ1v) is 9.17. The summed E-state index contributed by atoms with van der Waals surface area (Å²) in [5.41, 5.74) is 0. The summed E-state index contributed by atoms with van der Waals surface area (Å²) in [5.74, 6) is 0.815. The van der Waals surface area contributed by atoms with Crippen molar-refractivity contribution in [2.24, 2.45) is 5.92 Å². The number of aliphatic hydroxyl groups is 1. The van der Waals surface area contributed by atoms with Crippen molar-refractivity contribution in [1.82, 2.24) is 4.90 Å². The van der Waals surface area contributed by atoms with Gasteiger partial charge in [0.05, 0.1) is 52.2 Å². The van der Waals surface area contributed by atoms with E-state index in [9.17, 15) is 5.11 Å². The van der Waals surface area contributed by atoms with Gasteiger partial charge in [-0.2, -0.15) is 0 Å². The molecule has 2 rings (SSSR count). The molecular weight excluding hydrogens is 296 g/mol. The third-order valence-corrected chi connectivity index (χ3v) is 4.98. The van der Waals surface area contributed by atoms with Crippen LogP contribution in [0.4, 0.5) is 0 Å². The highest BCUT2D eigenvalue weighted by molar-refractivity contribution is 4.88. The molecule has 0 aromatic heterocycles. The van der Waals surface area contributed by atoms with Crippen LogP contribution in [-0.4, -0.2) is 88.5 Å². The second-order valence-electron chi connectivity index (χ2n) is 6.80. The molecule has 1 saturated carbocycles. The largest absolute Gasteiger partial charge is 0.393 e. The predicted octanol–water partition coefficient (Wildman–Crippen LogP) is -0.535. The Labute approximate surface area is 140 Å². The number of methoxy groups -OCH3 is 1. The van der Waals surface area contributed by atoms with Gasteiger partial charge in [0, 0.05) is 39.1 Å². The van der Waals surface area contributed by atoms with Gasteiger partial charge in [0.2, 0.25) is 0 Å². The van der Waals surface area contributed by atoms with E-state index >= 15 is 0 Å². The standard InChI is InChI=1S/C17H34N2O4/c1-21-8-9-23-11-10-22-7-6-19(16-12-17(20)13-16)14-15-2-4-18-5-3-15/h15-18,20H,2-14H2,1H3/p+1. The molecule has 6 heteroatoms. The predicted molar refractivity (Wildman–Crippen MR) is 88.5 cm³/mol. The molecule has 0 atom stereocenters. The summed E-state index contributed by atoms with van der Waals surface area (Å²) in [6.07, 6.45) is 4.41. The number of nitrogens with zero attached hydrogens (tertiary/aromatic N) is 1. The van der Waals surface area contributed by atoms with Gasteiger partial charge in [-0.05, 0) is 18.8 Å². The average Bonchev–Trinajstić information content (AvgIpc) is 2.54. The maximum atomic E-state index is 9.60. The van der Waals surface area contributed by atoms with E-state index in [2.05, 4.69) is 10.2 Å². The number of nitrogens with two attached hydrogens (primary N) is 1. The Morgan fingerprint density at radius 1 is 1.00 bits per heavy atom. The molecule has 6 nitrogen and oxygen atoms in total. The first-order chi connectivity index (χ1) is 11.3. The fourth-order valence-corrected chi connectivity index (χ4v) is 3.44. The van der Waals surface area contributed by atoms with Gasteiger partial charge in [0.1, 0.15) is 0 Å². The molecule has 0 bridgehead atoms. The van der Waals surface area contributed by atoms with E-state index in [1.807, 2.05) is 0 Å². The fourth-order valence-electron chi connectivity index (χ4n) is 3.44. The zero-order chi connectivity index (χ0) is 16.3. The number of hydrogen-bond acceptors (Lipinski definition) is 5. The Morgan fingerprint density at radius 3 is 2.30 bits per heavy atom. The molecule has 23 heavy (non-hydrogen) atoms. The van der Waals surface area contributed by atoms with E-state index in [0.29, 0.717) is 32.5 Å². The highest BCUT2D eigenvalue weighted by Crippen LogP contribution is 2.27. The van der Waals surface area contributed by atoms with Gasteiger partial charge in [-0.15, -0.1) is 0 Å². The molecule has 1 heterocycles. The number of hydrogen-bond donors (Lipinski definition) is 2. The van der Waals surface area contributed by atoms with Crippen molar-refractivity contribution < 1.29 is 24.6 Å². The number of rotatable bonds is 12. The normalized spacial score (nSPS) is 25.7. The molecule has 2 aliphatic rings. The third kappa shape index (κ3) is 7.45. The molecule has 136 valence electrons. The van der Waals surface area contributed by atoms with E-state index < -0.39 is 0 Å². The number of piperidine rings is 1. The van der Waals surface area contributed by atoms with Crippen molar-refractivity contribution in [3.8, 4) is 0 Å². The van der Waals surface area contributed by atoms with Gasteiger partial charge >= 0.3 is 0 Å². The molecule has 2 fully saturated rings. The van der Waals surface area contributed by atoms with Gasteiger partial charge in [-0.3, -0.25) is 4.90 Å². The monoisotopic (exact) mass is 331 g/mol. The minimum absolute atomic E-state index is 0.0858. The van der Waals surface area contributed by atoms with Gasteiger partial charge in [0.25, 0.3) is 0 Å². The molecule has 0 aromatic carbocycles. The van der Waals surface area contributed by atoms with Crippen molar-refractivity contribution >= 4 is 0 Å².